The van der Waals surface area contributed by atoms with Crippen molar-refractivity contribution in [2.24, 2.45) is 0 Å². The zero-order chi connectivity index (χ0) is 20.1. The number of ether oxygens (including phenoxy) is 2. The van der Waals surface area contributed by atoms with Crippen LogP contribution in [0.5, 0.6) is 11.5 Å². The summed E-state index contributed by atoms with van der Waals surface area (Å²) in [6, 6.07) is 6.17. The largest absolute Gasteiger partial charge is 0.486 e. The number of amides is 1. The zero-order valence-corrected chi connectivity index (χ0v) is 18.2. The molecule has 0 saturated heterocycles. The van der Waals surface area contributed by atoms with Gasteiger partial charge in [0.05, 0.1) is 11.4 Å². The van der Waals surface area contributed by atoms with Crippen LogP contribution in [0.4, 0.5) is 0 Å². The maximum Gasteiger partial charge on any atom is 0.273 e. The molecule has 1 aliphatic heterocycles. The third-order valence-corrected chi connectivity index (χ3v) is 5.58. The molecular weight excluding hydrogens is 406 g/mol. The molecule has 0 radical (unpaired) electrons. The van der Waals surface area contributed by atoms with Crippen LogP contribution in [-0.2, 0) is 0 Å². The number of fused-ring (bicyclic) bond motifs is 1. The van der Waals surface area contributed by atoms with Crippen molar-refractivity contribution in [1.29, 1.82) is 0 Å². The average Bonchev–Trinajstić information content (AvgIpc) is 2.95. The summed E-state index contributed by atoms with van der Waals surface area (Å²) in [5.74, 6) is 1.20. The molecule has 2 aliphatic rings. The number of aromatic nitrogens is 3. The van der Waals surface area contributed by atoms with Crippen molar-refractivity contribution >= 4 is 18.3 Å². The smallest absolute Gasteiger partial charge is 0.273 e. The molecule has 0 spiro atoms. The van der Waals surface area contributed by atoms with Crippen LogP contribution in [0.1, 0.15) is 54.7 Å². The van der Waals surface area contributed by atoms with Crippen LogP contribution in [0.3, 0.4) is 0 Å². The molecule has 2 aromatic rings. The molecule has 1 aromatic carbocycles. The third-order valence-electron chi connectivity index (χ3n) is 5.58. The van der Waals surface area contributed by atoms with Gasteiger partial charge in [-0.3, -0.25) is 4.79 Å². The number of hydrogen-bond acceptors (Lipinski definition) is 6. The fourth-order valence-electron chi connectivity index (χ4n) is 3.97. The lowest BCUT2D eigenvalue weighted by Gasteiger charge is -2.18. The predicted molar refractivity (Wildman–Crippen MR) is 116 cm³/mol. The van der Waals surface area contributed by atoms with Gasteiger partial charge in [-0.2, -0.15) is 0 Å². The van der Waals surface area contributed by atoms with E-state index in [1.54, 1.807) is 4.68 Å². The number of nitrogens with zero attached hydrogens (tertiary/aromatic N) is 3. The fourth-order valence-corrected chi connectivity index (χ4v) is 3.97. The fraction of sp³-hybridized carbons (Fsp3) is 0.571. The lowest BCUT2D eigenvalue weighted by molar-refractivity contribution is 0.0947. The number of hydrogen-bond donors (Lipinski definition) is 2. The summed E-state index contributed by atoms with van der Waals surface area (Å²) < 4.78 is 12.8. The molecule has 0 unspecified atom stereocenters. The molecule has 2 N–H and O–H groups in total. The third kappa shape index (κ3) is 5.23. The molecule has 2 heterocycles. The van der Waals surface area contributed by atoms with Crippen LogP contribution in [0.25, 0.3) is 5.69 Å². The van der Waals surface area contributed by atoms with Gasteiger partial charge in [-0.1, -0.05) is 30.9 Å². The van der Waals surface area contributed by atoms with Crippen molar-refractivity contribution in [2.75, 3.05) is 26.3 Å². The maximum absolute atomic E-state index is 12.5. The Labute approximate surface area is 183 Å². The number of carbonyl (C=O) groups excluding carboxylic acids is 1. The van der Waals surface area contributed by atoms with Crippen molar-refractivity contribution in [3.63, 3.8) is 0 Å². The number of nitrogens with one attached hydrogen (secondary N) is 2. The van der Waals surface area contributed by atoms with E-state index >= 15 is 0 Å². The first-order chi connectivity index (χ1) is 14.2. The van der Waals surface area contributed by atoms with Crippen LogP contribution in [0.2, 0.25) is 0 Å². The highest BCUT2D eigenvalue weighted by molar-refractivity contribution is 5.93. The Bertz CT molecular complexity index is 849. The first-order valence-corrected chi connectivity index (χ1v) is 10.6. The molecule has 1 aromatic heterocycles. The second kappa shape index (κ2) is 10.6. The first-order valence-electron chi connectivity index (χ1n) is 10.6. The first kappa shape index (κ1) is 22.4. The molecule has 30 heavy (non-hydrogen) atoms. The van der Waals surface area contributed by atoms with Crippen molar-refractivity contribution in [3.05, 3.63) is 29.6 Å². The van der Waals surface area contributed by atoms with Gasteiger partial charge in [-0.25, -0.2) is 4.68 Å². The summed E-state index contributed by atoms with van der Waals surface area (Å²) in [5, 5.41) is 14.8. The molecule has 1 amide bonds. The van der Waals surface area contributed by atoms with Gasteiger partial charge in [0, 0.05) is 25.2 Å². The molecule has 0 bridgehead atoms. The van der Waals surface area contributed by atoms with E-state index in [-0.39, 0.29) is 18.3 Å². The normalized spacial score (nSPS) is 16.4. The number of carbonyl (C=O) groups is 1. The minimum Gasteiger partial charge on any atom is -0.486 e. The van der Waals surface area contributed by atoms with Gasteiger partial charge in [-0.05, 0) is 31.9 Å². The highest BCUT2D eigenvalue weighted by atomic mass is 35.5. The van der Waals surface area contributed by atoms with Crippen LogP contribution in [0, 0.1) is 6.92 Å². The highest BCUT2D eigenvalue weighted by Crippen LogP contribution is 2.32. The Morgan fingerprint density at radius 2 is 1.83 bits per heavy atom. The standard InChI is InChI=1S/C21H29N5O3.ClH/c1-15-20(21(27)23-11-10-22-16-6-4-2-3-5-7-16)24-25-26(15)17-8-9-18-19(14-17)29-13-12-28-18;/h8-9,14,16,22H,2-7,10-13H2,1H3,(H,23,27);1H. The van der Waals surface area contributed by atoms with Gasteiger partial charge < -0.3 is 20.1 Å². The number of rotatable bonds is 6. The summed E-state index contributed by atoms with van der Waals surface area (Å²) in [5.41, 5.74) is 1.82. The molecular formula is C21H30ClN5O3. The minimum absolute atomic E-state index is 0. The molecule has 9 heteroatoms. The Balaban J connectivity index is 0.00000256. The van der Waals surface area contributed by atoms with Crippen molar-refractivity contribution in [1.82, 2.24) is 25.6 Å². The van der Waals surface area contributed by atoms with E-state index in [2.05, 4.69) is 20.9 Å². The molecule has 0 atom stereocenters. The van der Waals surface area contributed by atoms with Gasteiger partial charge in [-0.15, -0.1) is 17.5 Å². The van der Waals surface area contributed by atoms with Crippen LogP contribution in [-0.4, -0.2) is 53.2 Å². The monoisotopic (exact) mass is 435 g/mol. The molecule has 164 valence electrons. The summed E-state index contributed by atoms with van der Waals surface area (Å²) in [7, 11) is 0. The predicted octanol–water partition coefficient (Wildman–Crippen LogP) is 2.81. The van der Waals surface area contributed by atoms with Gasteiger partial charge in [0.15, 0.2) is 17.2 Å². The quantitative estimate of drug-likeness (QED) is 0.535. The van der Waals surface area contributed by atoms with Gasteiger partial charge >= 0.3 is 0 Å². The van der Waals surface area contributed by atoms with Gasteiger partial charge in [0.25, 0.3) is 5.91 Å². The van der Waals surface area contributed by atoms with E-state index in [1.807, 2.05) is 25.1 Å². The number of benzene rings is 1. The van der Waals surface area contributed by atoms with Crippen LogP contribution in [0.15, 0.2) is 18.2 Å². The van der Waals surface area contributed by atoms with Crippen molar-refractivity contribution in [3.8, 4) is 17.2 Å². The molecule has 1 fully saturated rings. The second-order valence-electron chi connectivity index (χ2n) is 7.66. The van der Waals surface area contributed by atoms with E-state index in [0.29, 0.717) is 42.9 Å². The minimum atomic E-state index is -0.200. The Morgan fingerprint density at radius 3 is 2.60 bits per heavy atom. The SMILES string of the molecule is Cc1c(C(=O)NCCNC2CCCCCC2)nnn1-c1ccc2c(c1)OCCO2.Cl. The van der Waals surface area contributed by atoms with E-state index in [1.165, 1.54) is 38.5 Å². The van der Waals surface area contributed by atoms with Gasteiger partial charge in [0.1, 0.15) is 13.2 Å². The Morgan fingerprint density at radius 1 is 1.10 bits per heavy atom. The average molecular weight is 436 g/mol. The van der Waals surface area contributed by atoms with E-state index in [4.69, 9.17) is 9.47 Å². The van der Waals surface area contributed by atoms with E-state index in [9.17, 15) is 4.79 Å². The summed E-state index contributed by atoms with van der Waals surface area (Å²) in [6.45, 7) is 4.26. The lowest BCUT2D eigenvalue weighted by atomic mass is 10.1. The van der Waals surface area contributed by atoms with E-state index < -0.39 is 0 Å². The van der Waals surface area contributed by atoms with Crippen LogP contribution >= 0.6 is 12.4 Å². The highest BCUT2D eigenvalue weighted by Gasteiger charge is 2.19. The van der Waals surface area contributed by atoms with E-state index in [0.717, 1.165) is 18.0 Å². The summed E-state index contributed by atoms with van der Waals surface area (Å²) >= 11 is 0. The topological polar surface area (TPSA) is 90.3 Å². The molecule has 8 nitrogen and oxygen atoms in total. The van der Waals surface area contributed by atoms with Gasteiger partial charge in [0.2, 0.25) is 0 Å². The second-order valence-corrected chi connectivity index (χ2v) is 7.66. The van der Waals surface area contributed by atoms with Crippen molar-refractivity contribution in [2.45, 2.75) is 51.5 Å². The molecule has 1 aliphatic carbocycles. The lowest BCUT2D eigenvalue weighted by Crippen LogP contribution is -2.37. The Kier molecular flexibility index (Phi) is 7.93. The number of halogens is 1. The Hall–Kier alpha value is -2.32. The summed E-state index contributed by atoms with van der Waals surface area (Å²) in [4.78, 5) is 12.5. The molecule has 4 rings (SSSR count). The van der Waals surface area contributed by atoms with Crippen LogP contribution < -0.4 is 20.1 Å². The maximum atomic E-state index is 12.5. The zero-order valence-electron chi connectivity index (χ0n) is 17.4. The summed E-state index contributed by atoms with van der Waals surface area (Å²) in [6.07, 6.45) is 7.74. The van der Waals surface area contributed by atoms with Crippen molar-refractivity contribution < 1.29 is 14.3 Å². The molecule has 1 saturated carbocycles.